The van der Waals surface area contributed by atoms with Crippen LogP contribution in [0.1, 0.15) is 33.1 Å². The molecule has 3 rings (SSSR count). The van der Waals surface area contributed by atoms with Crippen LogP contribution in [0, 0.1) is 0 Å². The Labute approximate surface area is 205 Å². The molecule has 2 aromatic rings. The van der Waals surface area contributed by atoms with Gasteiger partial charge in [-0.05, 0) is 31.5 Å². The summed E-state index contributed by atoms with van der Waals surface area (Å²) in [7, 11) is -2.34. The Morgan fingerprint density at radius 3 is 2.59 bits per heavy atom. The summed E-state index contributed by atoms with van der Waals surface area (Å²) in [6.45, 7) is 4.08. The molecule has 0 fully saturated rings. The largest absolute Gasteiger partial charge is 0.461 e. The molecule has 34 heavy (non-hydrogen) atoms. The molecule has 0 bridgehead atoms. The molecule has 184 valence electrons. The van der Waals surface area contributed by atoms with Gasteiger partial charge in [-0.2, -0.15) is 8.70 Å². The summed E-state index contributed by atoms with van der Waals surface area (Å²) in [5.41, 5.74) is 1.29. The second kappa shape index (κ2) is 11.2. The molecule has 1 atom stereocenters. The lowest BCUT2D eigenvalue weighted by Crippen LogP contribution is -2.40. The first-order valence-corrected chi connectivity index (χ1v) is 13.0. The number of sulfonamides is 1. The molecule has 0 spiro atoms. The minimum Gasteiger partial charge on any atom is -0.461 e. The molecule has 0 N–H and O–H groups in total. The number of likely N-dealkylation sites (N-methyl/N-ethyl adjacent to an activating group) is 1. The number of unbranched alkanes of at least 4 members (excludes halogenated alkanes) is 1. The van der Waals surface area contributed by atoms with Crippen LogP contribution in [0.3, 0.4) is 0 Å². The number of anilines is 2. The zero-order valence-electron chi connectivity index (χ0n) is 19.4. The van der Waals surface area contributed by atoms with Crippen LogP contribution >= 0.6 is 12.6 Å². The van der Waals surface area contributed by atoms with E-state index in [2.05, 4.69) is 24.3 Å². The number of nitrogens with zero attached hydrogens (tertiary/aromatic N) is 2. The lowest BCUT2D eigenvalue weighted by molar-refractivity contribution is -0.140. The van der Waals surface area contributed by atoms with Crippen molar-refractivity contribution in [2.24, 2.45) is 0 Å². The molecule has 0 unspecified atom stereocenters. The third-order valence-electron chi connectivity index (χ3n) is 5.61. The van der Waals surface area contributed by atoms with Crippen LogP contribution in [0.4, 0.5) is 15.8 Å². The lowest BCUT2D eigenvalue weighted by atomic mass is 10.1. The number of fused-ring (bicyclic) bond motifs is 1. The van der Waals surface area contributed by atoms with E-state index in [-0.39, 0.29) is 28.2 Å². The van der Waals surface area contributed by atoms with Gasteiger partial charge in [0.1, 0.15) is 16.9 Å². The van der Waals surface area contributed by atoms with Crippen molar-refractivity contribution < 1.29 is 27.1 Å². The zero-order chi connectivity index (χ0) is 24.9. The number of carbonyl (C=O) groups excluding carboxylic acids is 1. The molecular formula is C24H29FN2O5S2. The van der Waals surface area contributed by atoms with E-state index in [1.165, 1.54) is 10.4 Å². The van der Waals surface area contributed by atoms with E-state index in [0.29, 0.717) is 24.9 Å². The van der Waals surface area contributed by atoms with Gasteiger partial charge in [0.05, 0.1) is 12.3 Å². The van der Waals surface area contributed by atoms with Crippen molar-refractivity contribution in [3.05, 3.63) is 54.6 Å². The predicted molar refractivity (Wildman–Crippen MR) is 132 cm³/mol. The van der Waals surface area contributed by atoms with Gasteiger partial charge in [-0.15, -0.1) is 12.6 Å². The Balaban J connectivity index is 2.11. The minimum absolute atomic E-state index is 0.00136. The number of carbonyl (C=O) groups is 1. The van der Waals surface area contributed by atoms with Gasteiger partial charge in [-0.1, -0.05) is 38.0 Å². The Morgan fingerprint density at radius 2 is 1.94 bits per heavy atom. The monoisotopic (exact) mass is 508 g/mol. The second-order valence-corrected chi connectivity index (χ2v) is 10.3. The average Bonchev–Trinajstić information content (AvgIpc) is 2.90. The smallest absolute Gasteiger partial charge is 0.370 e. The molecule has 0 amide bonds. The Morgan fingerprint density at radius 1 is 1.24 bits per heavy atom. The second-order valence-electron chi connectivity index (χ2n) is 7.86. The number of benzene rings is 2. The quantitative estimate of drug-likeness (QED) is 0.233. The number of hydrogen-bond acceptors (Lipinski definition) is 7. The number of esters is 1. The first-order chi connectivity index (χ1) is 16.2. The molecule has 7 nitrogen and oxygen atoms in total. The Kier molecular flexibility index (Phi) is 8.62. The zero-order valence-corrected chi connectivity index (χ0v) is 21.1. The number of rotatable bonds is 8. The van der Waals surface area contributed by atoms with Crippen molar-refractivity contribution in [3.8, 4) is 5.75 Å². The highest BCUT2D eigenvalue weighted by Crippen LogP contribution is 2.42. The van der Waals surface area contributed by atoms with E-state index in [0.717, 1.165) is 18.5 Å². The number of para-hydroxylation sites is 1. The Hall–Kier alpha value is -2.56. The van der Waals surface area contributed by atoms with E-state index in [4.69, 9.17) is 4.74 Å². The van der Waals surface area contributed by atoms with Crippen molar-refractivity contribution in [2.45, 2.75) is 48.9 Å². The number of halogens is 1. The fourth-order valence-corrected chi connectivity index (χ4v) is 5.56. The molecule has 0 radical (unpaired) electrons. The van der Waals surface area contributed by atoms with E-state index < -0.39 is 21.8 Å². The van der Waals surface area contributed by atoms with Crippen LogP contribution in [-0.2, 0) is 19.6 Å². The summed E-state index contributed by atoms with van der Waals surface area (Å²) < 4.78 is 52.5. The molecule has 1 aliphatic heterocycles. The van der Waals surface area contributed by atoms with E-state index in [1.54, 1.807) is 20.0 Å². The van der Waals surface area contributed by atoms with Crippen molar-refractivity contribution in [3.63, 3.8) is 0 Å². The van der Waals surface area contributed by atoms with Crippen molar-refractivity contribution in [1.29, 1.82) is 0 Å². The lowest BCUT2D eigenvalue weighted by Gasteiger charge is -2.29. The number of ether oxygens (including phenoxy) is 2. The van der Waals surface area contributed by atoms with Gasteiger partial charge < -0.3 is 14.4 Å². The van der Waals surface area contributed by atoms with Crippen LogP contribution in [-0.4, -0.2) is 44.9 Å². The molecule has 0 saturated heterocycles. The van der Waals surface area contributed by atoms with Gasteiger partial charge in [-0.25, -0.2) is 13.2 Å². The summed E-state index contributed by atoms with van der Waals surface area (Å²) in [4.78, 5) is 13.8. The van der Waals surface area contributed by atoms with Crippen LogP contribution in [0.2, 0.25) is 0 Å². The molecule has 1 heterocycles. The maximum Gasteiger partial charge on any atom is 0.370 e. The summed E-state index contributed by atoms with van der Waals surface area (Å²) in [5.74, 6) is -2.41. The molecule has 2 aromatic carbocycles. The maximum atomic E-state index is 14.0. The van der Waals surface area contributed by atoms with Crippen molar-refractivity contribution >= 4 is 40.0 Å². The Bertz CT molecular complexity index is 1160. The van der Waals surface area contributed by atoms with Gasteiger partial charge >= 0.3 is 5.97 Å². The fraction of sp³-hybridized carbons (Fsp3) is 0.375. The summed E-state index contributed by atoms with van der Waals surface area (Å²) >= 11 is 4.45. The normalized spacial score (nSPS) is 18.2. The number of hydrogen-bond donors (Lipinski definition) is 1. The highest BCUT2D eigenvalue weighted by Gasteiger charge is 2.37. The molecule has 0 aromatic heterocycles. The topological polar surface area (TPSA) is 76.1 Å². The van der Waals surface area contributed by atoms with E-state index >= 15 is 0 Å². The van der Waals surface area contributed by atoms with Gasteiger partial charge in [0.2, 0.25) is 15.9 Å². The summed E-state index contributed by atoms with van der Waals surface area (Å²) in [5, 5.41) is 0. The molecule has 0 aliphatic carbocycles. The highest BCUT2D eigenvalue weighted by molar-refractivity contribution is 7.89. The SMILES string of the molecule is CCCC[C@H]1CN(c2ccccc2)c2cc(S)c(O/C=C(\F)C(=O)OCC)cc2S(=O)(=O)N1C. The molecular weight excluding hydrogens is 479 g/mol. The third-order valence-corrected chi connectivity index (χ3v) is 7.90. The standard InChI is InChI=1S/C24H29FN2O5S2/c1-4-6-10-18-15-27(17-11-8-7-9-12-17)20-13-22(33)21(14-23(20)34(29,30)26(18)3)32-16-19(25)24(28)31-5-2/h7-9,11-14,16,18,33H,4-6,10,15H2,1-3H3/b19-16-/t18-/m0/s1. The molecule has 10 heteroatoms. The van der Waals surface area contributed by atoms with E-state index in [1.807, 2.05) is 35.2 Å². The predicted octanol–water partition coefficient (Wildman–Crippen LogP) is 5.06. The van der Waals surface area contributed by atoms with Gasteiger partial charge in [0.25, 0.3) is 0 Å². The average molecular weight is 509 g/mol. The fourth-order valence-electron chi connectivity index (χ4n) is 3.75. The first kappa shape index (κ1) is 26.1. The van der Waals surface area contributed by atoms with E-state index in [9.17, 15) is 17.6 Å². The number of thiol groups is 1. The highest BCUT2D eigenvalue weighted by atomic mass is 32.2. The van der Waals surface area contributed by atoms with Crippen LogP contribution in [0.25, 0.3) is 0 Å². The van der Waals surface area contributed by atoms with Gasteiger partial charge in [0.15, 0.2) is 0 Å². The first-order valence-electron chi connectivity index (χ1n) is 11.1. The van der Waals surface area contributed by atoms with Gasteiger partial charge in [-0.3, -0.25) is 0 Å². The van der Waals surface area contributed by atoms with Crippen LogP contribution < -0.4 is 9.64 Å². The van der Waals surface area contributed by atoms with Crippen LogP contribution in [0.15, 0.2) is 64.3 Å². The molecule has 0 saturated carbocycles. The van der Waals surface area contributed by atoms with Crippen molar-refractivity contribution in [2.75, 3.05) is 25.1 Å². The van der Waals surface area contributed by atoms with Crippen molar-refractivity contribution in [1.82, 2.24) is 4.31 Å². The molecule has 1 aliphatic rings. The third kappa shape index (κ3) is 5.56. The maximum absolute atomic E-state index is 14.0. The summed E-state index contributed by atoms with van der Waals surface area (Å²) in [6.07, 6.45) is 3.12. The van der Waals surface area contributed by atoms with Gasteiger partial charge in [0, 0.05) is 36.3 Å². The minimum atomic E-state index is -3.91. The summed E-state index contributed by atoms with van der Waals surface area (Å²) in [6, 6.07) is 12.2. The van der Waals surface area contributed by atoms with Crippen LogP contribution in [0.5, 0.6) is 5.75 Å².